The van der Waals surface area contributed by atoms with E-state index < -0.39 is 17.5 Å². The molecule has 0 amide bonds. The highest BCUT2D eigenvalue weighted by Gasteiger charge is 2.57. The molecule has 0 aliphatic rings. The molecule has 0 saturated carbocycles. The van der Waals surface area contributed by atoms with E-state index in [2.05, 4.69) is 6.58 Å². The smallest absolute Gasteiger partial charge is 0.377 e. The van der Waals surface area contributed by atoms with Crippen molar-refractivity contribution < 1.29 is 24.3 Å². The summed E-state index contributed by atoms with van der Waals surface area (Å²) in [5, 5.41) is 18.3. The van der Waals surface area contributed by atoms with Gasteiger partial charge < -0.3 is 14.7 Å². The minimum absolute atomic E-state index is 0.135. The van der Waals surface area contributed by atoms with Crippen LogP contribution in [0.2, 0.25) is 0 Å². The highest BCUT2D eigenvalue weighted by Crippen LogP contribution is 2.27. The zero-order valence-corrected chi connectivity index (χ0v) is 10.2. The fraction of sp³-hybridized carbons (Fsp3) is 0.636. The van der Waals surface area contributed by atoms with Gasteiger partial charge in [0.05, 0.1) is 20.1 Å². The van der Waals surface area contributed by atoms with E-state index in [1.54, 1.807) is 20.2 Å². The van der Waals surface area contributed by atoms with Crippen LogP contribution in [0.15, 0.2) is 12.7 Å². The minimum atomic E-state index is -1.86. The van der Waals surface area contributed by atoms with E-state index in [1.165, 1.54) is 6.92 Å². The summed E-state index contributed by atoms with van der Waals surface area (Å²) in [6.45, 7) is 6.63. The molecular weight excluding hydrogens is 210 g/mol. The van der Waals surface area contributed by atoms with Gasteiger partial charge in [0.15, 0.2) is 0 Å². The van der Waals surface area contributed by atoms with E-state index in [1.807, 2.05) is 6.92 Å². The van der Waals surface area contributed by atoms with Crippen molar-refractivity contribution in [2.45, 2.75) is 31.8 Å². The van der Waals surface area contributed by atoms with Crippen LogP contribution < -0.4 is 0 Å². The lowest BCUT2D eigenvalue weighted by Gasteiger charge is -2.44. The highest BCUT2D eigenvalue weighted by atomic mass is 16.4. The maximum absolute atomic E-state index is 11.2. The normalized spacial score (nSPS) is 14.2. The Bertz CT molecular complexity index is 295. The van der Waals surface area contributed by atoms with Crippen molar-refractivity contribution in [3.8, 4) is 0 Å². The molecule has 5 nitrogen and oxygen atoms in total. The number of hydrogen-bond donors (Lipinski definition) is 2. The van der Waals surface area contributed by atoms with Crippen LogP contribution in [0, 0.1) is 0 Å². The van der Waals surface area contributed by atoms with Crippen molar-refractivity contribution >= 4 is 11.9 Å². The molecule has 0 saturated heterocycles. The van der Waals surface area contributed by atoms with E-state index in [0.29, 0.717) is 6.42 Å². The van der Waals surface area contributed by atoms with Crippen LogP contribution in [0.1, 0.15) is 20.3 Å². The molecular formula is C11H20NO4+. The lowest BCUT2D eigenvalue weighted by molar-refractivity contribution is -0.942. The monoisotopic (exact) mass is 230 g/mol. The van der Waals surface area contributed by atoms with Crippen molar-refractivity contribution in [3.63, 3.8) is 0 Å². The fourth-order valence-electron chi connectivity index (χ4n) is 1.53. The number of likely N-dealkylation sites (N-methyl/N-ethyl adjacent to an activating group) is 1. The minimum Gasteiger partial charge on any atom is -0.476 e. The Balaban J connectivity index is 5.44. The number of carbonyl (C=O) groups is 2. The van der Waals surface area contributed by atoms with Crippen LogP contribution in [0.25, 0.3) is 0 Å². The first-order chi connectivity index (χ1) is 7.12. The SMILES string of the molecule is C=CCC(C)[N+](C)(C)C(C)(C(=O)O)C(=O)O. The maximum atomic E-state index is 11.2. The predicted octanol–water partition coefficient (Wildman–Crippen LogP) is 0.955. The van der Waals surface area contributed by atoms with Crippen molar-refractivity contribution in [2.24, 2.45) is 0 Å². The third kappa shape index (κ3) is 2.09. The molecule has 1 unspecified atom stereocenters. The lowest BCUT2D eigenvalue weighted by Crippen LogP contribution is -2.69. The van der Waals surface area contributed by atoms with E-state index in [4.69, 9.17) is 10.2 Å². The molecule has 0 fully saturated rings. The van der Waals surface area contributed by atoms with Crippen LogP contribution in [0.5, 0.6) is 0 Å². The van der Waals surface area contributed by atoms with Crippen molar-refractivity contribution in [1.82, 2.24) is 0 Å². The number of quaternary nitrogens is 1. The molecule has 0 heterocycles. The largest absolute Gasteiger partial charge is 0.476 e. The van der Waals surface area contributed by atoms with E-state index in [-0.39, 0.29) is 10.5 Å². The summed E-state index contributed by atoms with van der Waals surface area (Å²) in [5.74, 6) is -2.66. The molecule has 0 radical (unpaired) electrons. The molecule has 0 aromatic rings. The molecule has 1 atom stereocenters. The van der Waals surface area contributed by atoms with E-state index >= 15 is 0 Å². The molecule has 16 heavy (non-hydrogen) atoms. The van der Waals surface area contributed by atoms with Gasteiger partial charge in [0.25, 0.3) is 5.54 Å². The summed E-state index contributed by atoms with van der Waals surface area (Å²) in [4.78, 5) is 22.4. The van der Waals surface area contributed by atoms with Crippen LogP contribution in [-0.4, -0.2) is 52.3 Å². The zero-order chi connectivity index (χ0) is 13.1. The van der Waals surface area contributed by atoms with Crippen molar-refractivity contribution in [1.29, 1.82) is 0 Å². The molecule has 0 aliphatic heterocycles. The third-order valence-corrected chi connectivity index (χ3v) is 3.60. The van der Waals surface area contributed by atoms with E-state index in [0.717, 1.165) is 0 Å². The summed E-state index contributed by atoms with van der Waals surface area (Å²) in [6.07, 6.45) is 2.22. The Morgan fingerprint density at radius 3 is 2.00 bits per heavy atom. The van der Waals surface area contributed by atoms with Gasteiger partial charge in [-0.05, 0) is 6.92 Å². The standard InChI is InChI=1S/C11H19NO4/c1-6-7-8(2)12(4,5)11(3,9(13)14)10(15)16/h6,8H,1,7H2,2-5H3,(H-,13,14,15,16)/p+1. The molecule has 0 aromatic heterocycles. The van der Waals surface area contributed by atoms with Gasteiger partial charge in [-0.15, -0.1) is 6.58 Å². The summed E-state index contributed by atoms with van der Waals surface area (Å²) in [7, 11) is 3.22. The quantitative estimate of drug-likeness (QED) is 0.405. The molecule has 0 spiro atoms. The fourth-order valence-corrected chi connectivity index (χ4v) is 1.53. The van der Waals surface area contributed by atoms with E-state index in [9.17, 15) is 9.59 Å². The number of carboxylic acids is 2. The average Bonchev–Trinajstić information content (AvgIpc) is 2.15. The Kier molecular flexibility index (Phi) is 4.26. The molecule has 0 bridgehead atoms. The first kappa shape index (κ1) is 14.6. The summed E-state index contributed by atoms with van der Waals surface area (Å²) in [6, 6.07) is -0.144. The second-order valence-corrected chi connectivity index (χ2v) is 4.60. The van der Waals surface area contributed by atoms with Gasteiger partial charge in [0.1, 0.15) is 0 Å². The van der Waals surface area contributed by atoms with Gasteiger partial charge in [-0.25, -0.2) is 9.59 Å². The third-order valence-electron chi connectivity index (χ3n) is 3.60. The predicted molar refractivity (Wildman–Crippen MR) is 60.1 cm³/mol. The van der Waals surface area contributed by atoms with Crippen LogP contribution in [0.4, 0.5) is 0 Å². The Hall–Kier alpha value is -1.36. The number of nitrogens with zero attached hydrogens (tertiary/aromatic N) is 1. The van der Waals surface area contributed by atoms with Crippen LogP contribution >= 0.6 is 0 Å². The van der Waals surface area contributed by atoms with Crippen LogP contribution in [-0.2, 0) is 9.59 Å². The average molecular weight is 230 g/mol. The Labute approximate surface area is 95.6 Å². The first-order valence-corrected chi connectivity index (χ1v) is 5.03. The second kappa shape index (κ2) is 4.65. The van der Waals surface area contributed by atoms with Gasteiger partial charge in [0, 0.05) is 13.3 Å². The number of aliphatic carboxylic acids is 2. The van der Waals surface area contributed by atoms with Gasteiger partial charge >= 0.3 is 11.9 Å². The molecule has 2 N–H and O–H groups in total. The number of hydrogen-bond acceptors (Lipinski definition) is 2. The Morgan fingerprint density at radius 1 is 1.38 bits per heavy atom. The van der Waals surface area contributed by atoms with Gasteiger partial charge in [-0.2, -0.15) is 0 Å². The summed E-state index contributed by atoms with van der Waals surface area (Å²) in [5.41, 5.74) is -1.86. The lowest BCUT2D eigenvalue weighted by atomic mass is 9.94. The highest BCUT2D eigenvalue weighted by molar-refractivity contribution is 6.01. The van der Waals surface area contributed by atoms with Crippen LogP contribution in [0.3, 0.4) is 0 Å². The summed E-state index contributed by atoms with van der Waals surface area (Å²) < 4.78 is -0.135. The molecule has 92 valence electrons. The molecule has 0 aliphatic carbocycles. The zero-order valence-electron chi connectivity index (χ0n) is 10.2. The summed E-state index contributed by atoms with van der Waals surface area (Å²) >= 11 is 0. The Morgan fingerprint density at radius 2 is 1.75 bits per heavy atom. The van der Waals surface area contributed by atoms with Gasteiger partial charge in [-0.3, -0.25) is 0 Å². The topological polar surface area (TPSA) is 74.6 Å². The number of carboxylic acid groups (broad SMARTS) is 2. The molecule has 0 aromatic carbocycles. The van der Waals surface area contributed by atoms with Crippen molar-refractivity contribution in [3.05, 3.63) is 12.7 Å². The first-order valence-electron chi connectivity index (χ1n) is 5.03. The maximum Gasteiger partial charge on any atom is 0.377 e. The second-order valence-electron chi connectivity index (χ2n) is 4.60. The van der Waals surface area contributed by atoms with Crippen molar-refractivity contribution in [2.75, 3.05) is 14.1 Å². The van der Waals surface area contributed by atoms with Gasteiger partial charge in [-0.1, -0.05) is 6.08 Å². The molecule has 0 rings (SSSR count). The number of rotatable bonds is 6. The van der Waals surface area contributed by atoms with Gasteiger partial charge in [0.2, 0.25) is 0 Å². The molecule has 5 heteroatoms.